The van der Waals surface area contributed by atoms with Gasteiger partial charge in [0.25, 0.3) is 0 Å². The van der Waals surface area contributed by atoms with E-state index in [2.05, 4.69) is 32.9 Å². The molecule has 35 heavy (non-hydrogen) atoms. The summed E-state index contributed by atoms with van der Waals surface area (Å²) in [5.74, 6) is 0.542. The van der Waals surface area contributed by atoms with Gasteiger partial charge in [0.05, 0.1) is 0 Å². The second kappa shape index (κ2) is 11.3. The van der Waals surface area contributed by atoms with Crippen molar-refractivity contribution in [3.8, 4) is 22.5 Å². The number of rotatable bonds is 11. The molecule has 2 N–H and O–H groups in total. The quantitative estimate of drug-likeness (QED) is 0.430. The normalized spacial score (nSPS) is 14.1. The van der Waals surface area contributed by atoms with E-state index in [1.165, 1.54) is 0 Å². The molecular weight excluding hydrogens is 440 g/mol. The van der Waals surface area contributed by atoms with Gasteiger partial charge in [0.15, 0.2) is 0 Å². The molecule has 1 aliphatic rings. The van der Waals surface area contributed by atoms with Crippen molar-refractivity contribution >= 4 is 11.8 Å². The van der Waals surface area contributed by atoms with Crippen molar-refractivity contribution in [1.29, 1.82) is 0 Å². The lowest BCUT2D eigenvalue weighted by Gasteiger charge is -2.34. The Morgan fingerprint density at radius 2 is 1.80 bits per heavy atom. The largest absolute Gasteiger partial charge is 0.352 e. The number of hydrogen-bond acceptors (Lipinski definition) is 5. The van der Waals surface area contributed by atoms with Crippen LogP contribution in [-0.2, 0) is 16.1 Å². The number of amides is 2. The van der Waals surface area contributed by atoms with Gasteiger partial charge in [-0.15, -0.1) is 10.2 Å². The smallest absolute Gasteiger partial charge is 0.243 e. The molecule has 1 heterocycles. The van der Waals surface area contributed by atoms with Gasteiger partial charge in [-0.2, -0.15) is 5.21 Å². The number of nitrogens with zero attached hydrogens (tertiary/aromatic N) is 4. The van der Waals surface area contributed by atoms with Crippen LogP contribution >= 0.6 is 0 Å². The van der Waals surface area contributed by atoms with Gasteiger partial charge in [0.1, 0.15) is 6.04 Å². The number of H-pyrrole nitrogens is 1. The standard InChI is InChI=1S/C27H34N6O2/c1-4-5-10-24(34)33(25(18(2)3)27(35)28-21-15-16-21)17-19-11-13-20(14-12-19)22-8-6-7-9-23(22)26-29-31-32-30-26/h6-9,11-14,18,21,25H,4-5,10,15-17H2,1-3H3,(H,28,35)(H,29,30,31,32)/t25-/m0/s1. The maximum absolute atomic E-state index is 13.2. The monoisotopic (exact) mass is 474 g/mol. The second-order valence-corrected chi connectivity index (χ2v) is 9.57. The summed E-state index contributed by atoms with van der Waals surface area (Å²) in [6.07, 6.45) is 4.25. The van der Waals surface area contributed by atoms with Crippen molar-refractivity contribution in [3.05, 3.63) is 54.1 Å². The van der Waals surface area contributed by atoms with Gasteiger partial charge in [-0.25, -0.2) is 0 Å². The maximum Gasteiger partial charge on any atom is 0.243 e. The van der Waals surface area contributed by atoms with Gasteiger partial charge in [-0.1, -0.05) is 75.7 Å². The summed E-state index contributed by atoms with van der Waals surface area (Å²) in [7, 11) is 0. The summed E-state index contributed by atoms with van der Waals surface area (Å²) in [5, 5.41) is 17.5. The Morgan fingerprint density at radius 1 is 1.09 bits per heavy atom. The number of carbonyl (C=O) groups excluding carboxylic acids is 2. The summed E-state index contributed by atoms with van der Waals surface area (Å²) in [6, 6.07) is 15.8. The minimum absolute atomic E-state index is 0.0143. The summed E-state index contributed by atoms with van der Waals surface area (Å²) >= 11 is 0. The maximum atomic E-state index is 13.2. The molecule has 8 nitrogen and oxygen atoms in total. The van der Waals surface area contributed by atoms with Crippen LogP contribution in [0, 0.1) is 5.92 Å². The van der Waals surface area contributed by atoms with Crippen LogP contribution in [0.25, 0.3) is 22.5 Å². The number of aromatic amines is 1. The predicted molar refractivity (Wildman–Crippen MR) is 135 cm³/mol. The Labute approximate surface area is 206 Å². The Kier molecular flexibility index (Phi) is 7.90. The molecule has 2 aromatic carbocycles. The molecule has 1 saturated carbocycles. The van der Waals surface area contributed by atoms with E-state index in [0.29, 0.717) is 18.8 Å². The number of tetrazole rings is 1. The van der Waals surface area contributed by atoms with Gasteiger partial charge in [0.2, 0.25) is 17.6 Å². The van der Waals surface area contributed by atoms with Crippen molar-refractivity contribution in [3.63, 3.8) is 0 Å². The van der Waals surface area contributed by atoms with Crippen LogP contribution in [0.4, 0.5) is 0 Å². The second-order valence-electron chi connectivity index (χ2n) is 9.57. The number of nitrogens with one attached hydrogen (secondary N) is 2. The summed E-state index contributed by atoms with van der Waals surface area (Å²) in [5.41, 5.74) is 3.90. The zero-order valence-corrected chi connectivity index (χ0v) is 20.7. The highest BCUT2D eigenvalue weighted by Crippen LogP contribution is 2.30. The lowest BCUT2D eigenvalue weighted by atomic mass is 9.97. The molecule has 2 amide bonds. The molecule has 8 heteroatoms. The van der Waals surface area contributed by atoms with Crippen molar-refractivity contribution in [2.75, 3.05) is 0 Å². The number of hydrogen-bond donors (Lipinski definition) is 2. The average Bonchev–Trinajstić information content (AvgIpc) is 3.50. The molecule has 1 fully saturated rings. The van der Waals surface area contributed by atoms with Crippen molar-refractivity contribution in [2.24, 2.45) is 5.92 Å². The lowest BCUT2D eigenvalue weighted by Crippen LogP contribution is -2.52. The molecule has 1 aliphatic carbocycles. The van der Waals surface area contributed by atoms with Crippen molar-refractivity contribution in [1.82, 2.24) is 30.8 Å². The minimum Gasteiger partial charge on any atom is -0.352 e. The van der Waals surface area contributed by atoms with E-state index < -0.39 is 6.04 Å². The van der Waals surface area contributed by atoms with Gasteiger partial charge in [-0.05, 0) is 47.1 Å². The number of unbranched alkanes of at least 4 members (excludes halogenated alkanes) is 1. The molecule has 0 bridgehead atoms. The molecule has 3 aromatic rings. The average molecular weight is 475 g/mol. The Bertz CT molecular complexity index is 1120. The molecule has 0 unspecified atom stereocenters. The van der Waals surface area contributed by atoms with Crippen LogP contribution in [0.15, 0.2) is 48.5 Å². The van der Waals surface area contributed by atoms with Crippen LogP contribution in [0.5, 0.6) is 0 Å². The van der Waals surface area contributed by atoms with Crippen LogP contribution in [0.2, 0.25) is 0 Å². The van der Waals surface area contributed by atoms with Crippen molar-refractivity contribution in [2.45, 2.75) is 71.5 Å². The van der Waals surface area contributed by atoms with E-state index in [4.69, 9.17) is 0 Å². The Hall–Kier alpha value is -3.55. The molecule has 4 rings (SSSR count). The zero-order chi connectivity index (χ0) is 24.8. The van der Waals surface area contributed by atoms with Crippen LogP contribution < -0.4 is 5.32 Å². The topological polar surface area (TPSA) is 104 Å². The van der Waals surface area contributed by atoms with E-state index in [1.807, 2.05) is 62.4 Å². The highest BCUT2D eigenvalue weighted by molar-refractivity contribution is 5.88. The number of aromatic nitrogens is 4. The third-order valence-electron chi connectivity index (χ3n) is 6.36. The molecule has 0 radical (unpaired) electrons. The third-order valence-corrected chi connectivity index (χ3v) is 6.36. The van der Waals surface area contributed by atoms with Gasteiger partial charge >= 0.3 is 0 Å². The first-order valence-electron chi connectivity index (χ1n) is 12.5. The molecule has 184 valence electrons. The van der Waals surface area contributed by atoms with Crippen LogP contribution in [-0.4, -0.2) is 49.4 Å². The van der Waals surface area contributed by atoms with E-state index in [9.17, 15) is 9.59 Å². The SMILES string of the molecule is CCCCC(=O)N(Cc1ccc(-c2ccccc2-c2nn[nH]n2)cc1)[C@H](C(=O)NC1CC1)C(C)C. The highest BCUT2D eigenvalue weighted by atomic mass is 16.2. The summed E-state index contributed by atoms with van der Waals surface area (Å²) in [6.45, 7) is 6.49. The van der Waals surface area contributed by atoms with Crippen LogP contribution in [0.3, 0.4) is 0 Å². The van der Waals surface area contributed by atoms with E-state index in [-0.39, 0.29) is 23.8 Å². The van der Waals surface area contributed by atoms with E-state index >= 15 is 0 Å². The fourth-order valence-corrected chi connectivity index (χ4v) is 4.32. The summed E-state index contributed by atoms with van der Waals surface area (Å²) < 4.78 is 0. The van der Waals surface area contributed by atoms with Gasteiger partial charge in [-0.3, -0.25) is 9.59 Å². The first-order chi connectivity index (χ1) is 17.0. The third kappa shape index (κ3) is 6.12. The van der Waals surface area contributed by atoms with Crippen molar-refractivity contribution < 1.29 is 9.59 Å². The molecule has 1 atom stereocenters. The zero-order valence-electron chi connectivity index (χ0n) is 20.7. The first-order valence-corrected chi connectivity index (χ1v) is 12.5. The fourth-order valence-electron chi connectivity index (χ4n) is 4.32. The van der Waals surface area contributed by atoms with E-state index in [1.54, 1.807) is 4.90 Å². The predicted octanol–water partition coefficient (Wildman–Crippen LogP) is 4.36. The highest BCUT2D eigenvalue weighted by Gasteiger charge is 2.35. The molecule has 0 saturated heterocycles. The van der Waals surface area contributed by atoms with Gasteiger partial charge < -0.3 is 10.2 Å². The molecular formula is C27H34N6O2. The number of benzene rings is 2. The minimum atomic E-state index is -0.487. The molecule has 0 spiro atoms. The Morgan fingerprint density at radius 3 is 2.40 bits per heavy atom. The first kappa shape index (κ1) is 24.6. The fraction of sp³-hybridized carbons (Fsp3) is 0.444. The Balaban J connectivity index is 1.58. The molecule has 1 aromatic heterocycles. The van der Waals surface area contributed by atoms with Gasteiger partial charge in [0, 0.05) is 24.6 Å². The van der Waals surface area contributed by atoms with Crippen LogP contribution in [0.1, 0.15) is 58.4 Å². The molecule has 0 aliphatic heterocycles. The number of carbonyl (C=O) groups is 2. The summed E-state index contributed by atoms with van der Waals surface area (Å²) in [4.78, 5) is 28.1. The lowest BCUT2D eigenvalue weighted by molar-refractivity contribution is -0.143. The van der Waals surface area contributed by atoms with E-state index in [0.717, 1.165) is 47.9 Å².